The van der Waals surface area contributed by atoms with Gasteiger partial charge in [0, 0.05) is 15.7 Å². The molecule has 0 aromatic heterocycles. The first-order valence-electron chi connectivity index (χ1n) is 5.50. The topological polar surface area (TPSA) is 38.3 Å². The van der Waals surface area contributed by atoms with Gasteiger partial charge >= 0.3 is 0 Å². The van der Waals surface area contributed by atoms with Crippen LogP contribution in [0.5, 0.6) is 5.75 Å². The van der Waals surface area contributed by atoms with Crippen LogP contribution in [0.4, 0.5) is 5.69 Å². The molecule has 0 saturated heterocycles. The Morgan fingerprint density at radius 3 is 2.37 bits per heavy atom. The van der Waals surface area contributed by atoms with Crippen LogP contribution in [0.25, 0.3) is 0 Å². The number of hydrogen-bond donors (Lipinski definition) is 1. The number of amides is 1. The van der Waals surface area contributed by atoms with Gasteiger partial charge in [0.25, 0.3) is 5.91 Å². The maximum absolute atomic E-state index is 12.1. The molecule has 0 aliphatic heterocycles. The van der Waals surface area contributed by atoms with Gasteiger partial charge in [-0.05, 0) is 58.4 Å². The van der Waals surface area contributed by atoms with Gasteiger partial charge in [0.05, 0.1) is 11.6 Å². The van der Waals surface area contributed by atoms with Gasteiger partial charge in [-0.25, -0.2) is 0 Å². The smallest absolute Gasteiger partial charge is 0.255 e. The molecule has 2 aromatic rings. The minimum atomic E-state index is -0.161. The van der Waals surface area contributed by atoms with E-state index in [0.717, 1.165) is 14.6 Å². The van der Waals surface area contributed by atoms with Crippen LogP contribution >= 0.6 is 31.9 Å². The maximum Gasteiger partial charge on any atom is 0.255 e. The third-order valence-electron chi connectivity index (χ3n) is 2.52. The maximum atomic E-state index is 12.1. The number of nitrogens with one attached hydrogen (secondary N) is 1. The Morgan fingerprint density at radius 2 is 1.79 bits per heavy atom. The summed E-state index contributed by atoms with van der Waals surface area (Å²) in [7, 11) is 1.58. The third-order valence-corrected chi connectivity index (χ3v) is 3.66. The van der Waals surface area contributed by atoms with Crippen LogP contribution in [-0.4, -0.2) is 13.0 Å². The van der Waals surface area contributed by atoms with Gasteiger partial charge in [-0.1, -0.05) is 15.9 Å². The molecule has 0 saturated carbocycles. The van der Waals surface area contributed by atoms with E-state index in [1.165, 1.54) is 0 Å². The van der Waals surface area contributed by atoms with Crippen molar-refractivity contribution in [3.05, 3.63) is 57.0 Å². The molecule has 19 heavy (non-hydrogen) atoms. The van der Waals surface area contributed by atoms with Gasteiger partial charge in [0.15, 0.2) is 0 Å². The standard InChI is InChI=1S/C14H11Br2NO2/c1-19-13-7-2-9(8-12(13)16)14(18)17-11-5-3-10(15)4-6-11/h2-8H,1H3,(H,17,18). The van der Waals surface area contributed by atoms with E-state index in [1.807, 2.05) is 24.3 Å². The van der Waals surface area contributed by atoms with Crippen LogP contribution in [0.1, 0.15) is 10.4 Å². The van der Waals surface area contributed by atoms with Gasteiger partial charge in [0.2, 0.25) is 0 Å². The zero-order valence-electron chi connectivity index (χ0n) is 10.1. The van der Waals surface area contributed by atoms with E-state index in [0.29, 0.717) is 11.3 Å². The van der Waals surface area contributed by atoms with Crippen LogP contribution in [0, 0.1) is 0 Å². The van der Waals surface area contributed by atoms with Crippen LogP contribution in [0.15, 0.2) is 51.4 Å². The highest BCUT2D eigenvalue weighted by Crippen LogP contribution is 2.26. The molecule has 0 radical (unpaired) electrons. The number of benzene rings is 2. The lowest BCUT2D eigenvalue weighted by Crippen LogP contribution is -2.11. The van der Waals surface area contributed by atoms with Gasteiger partial charge in [-0.2, -0.15) is 0 Å². The number of anilines is 1. The zero-order chi connectivity index (χ0) is 13.8. The van der Waals surface area contributed by atoms with Gasteiger partial charge in [0.1, 0.15) is 5.75 Å². The minimum absolute atomic E-state index is 0.161. The van der Waals surface area contributed by atoms with Crippen LogP contribution in [-0.2, 0) is 0 Å². The molecule has 0 fully saturated rings. The predicted molar refractivity (Wildman–Crippen MR) is 82.8 cm³/mol. The van der Waals surface area contributed by atoms with Crippen molar-refractivity contribution in [2.24, 2.45) is 0 Å². The number of rotatable bonds is 3. The second-order valence-electron chi connectivity index (χ2n) is 3.81. The second-order valence-corrected chi connectivity index (χ2v) is 5.58. The predicted octanol–water partition coefficient (Wildman–Crippen LogP) is 4.47. The van der Waals surface area contributed by atoms with E-state index >= 15 is 0 Å². The summed E-state index contributed by atoms with van der Waals surface area (Å²) in [5.74, 6) is 0.533. The molecule has 1 N–H and O–H groups in total. The van der Waals surface area contributed by atoms with Crippen molar-refractivity contribution in [1.29, 1.82) is 0 Å². The average molecular weight is 385 g/mol. The summed E-state index contributed by atoms with van der Waals surface area (Å²) in [6.07, 6.45) is 0. The third kappa shape index (κ3) is 3.58. The summed E-state index contributed by atoms with van der Waals surface area (Å²) >= 11 is 6.71. The fraction of sp³-hybridized carbons (Fsp3) is 0.0714. The highest BCUT2D eigenvalue weighted by Gasteiger charge is 2.09. The van der Waals surface area contributed by atoms with Crippen molar-refractivity contribution in [3.8, 4) is 5.75 Å². The minimum Gasteiger partial charge on any atom is -0.496 e. The molecule has 0 aliphatic rings. The Labute approximate surface area is 128 Å². The van der Waals surface area contributed by atoms with Crippen molar-refractivity contribution >= 4 is 43.5 Å². The first-order valence-corrected chi connectivity index (χ1v) is 7.09. The van der Waals surface area contributed by atoms with E-state index in [-0.39, 0.29) is 5.91 Å². The Bertz CT molecular complexity index is 597. The van der Waals surface area contributed by atoms with Gasteiger partial charge < -0.3 is 10.1 Å². The second kappa shape index (κ2) is 6.21. The van der Waals surface area contributed by atoms with E-state index in [2.05, 4.69) is 37.2 Å². The fourth-order valence-corrected chi connectivity index (χ4v) is 2.35. The molecule has 5 heteroatoms. The first-order chi connectivity index (χ1) is 9.10. The monoisotopic (exact) mass is 383 g/mol. The summed E-state index contributed by atoms with van der Waals surface area (Å²) in [6.45, 7) is 0. The molecule has 3 nitrogen and oxygen atoms in total. The summed E-state index contributed by atoms with van der Waals surface area (Å²) in [4.78, 5) is 12.1. The van der Waals surface area contributed by atoms with Crippen LogP contribution in [0.2, 0.25) is 0 Å². The lowest BCUT2D eigenvalue weighted by Gasteiger charge is -2.07. The Balaban J connectivity index is 2.16. The number of methoxy groups -OCH3 is 1. The molecule has 0 aliphatic carbocycles. The molecule has 0 atom stereocenters. The molecular weight excluding hydrogens is 374 g/mol. The Morgan fingerprint density at radius 1 is 1.11 bits per heavy atom. The van der Waals surface area contributed by atoms with E-state index in [9.17, 15) is 4.79 Å². The number of hydrogen-bond acceptors (Lipinski definition) is 2. The van der Waals surface area contributed by atoms with E-state index < -0.39 is 0 Å². The molecule has 0 heterocycles. The quantitative estimate of drug-likeness (QED) is 0.847. The molecule has 98 valence electrons. The first kappa shape index (κ1) is 14.1. The summed E-state index contributed by atoms with van der Waals surface area (Å²) in [5, 5.41) is 2.83. The highest BCUT2D eigenvalue weighted by atomic mass is 79.9. The Kier molecular flexibility index (Phi) is 4.61. The number of ether oxygens (including phenoxy) is 1. The van der Waals surface area contributed by atoms with Gasteiger partial charge in [-0.15, -0.1) is 0 Å². The average Bonchev–Trinajstić information content (AvgIpc) is 2.41. The summed E-state index contributed by atoms with van der Waals surface area (Å²) < 4.78 is 6.85. The summed E-state index contributed by atoms with van der Waals surface area (Å²) in [5.41, 5.74) is 1.32. The molecule has 2 aromatic carbocycles. The van der Waals surface area contributed by atoms with Crippen molar-refractivity contribution in [2.45, 2.75) is 0 Å². The molecular formula is C14H11Br2NO2. The molecule has 2 rings (SSSR count). The number of carbonyl (C=O) groups is 1. The highest BCUT2D eigenvalue weighted by molar-refractivity contribution is 9.10. The lowest BCUT2D eigenvalue weighted by atomic mass is 10.2. The van der Waals surface area contributed by atoms with E-state index in [4.69, 9.17) is 4.74 Å². The SMILES string of the molecule is COc1ccc(C(=O)Nc2ccc(Br)cc2)cc1Br. The normalized spacial score (nSPS) is 10.1. The molecule has 1 amide bonds. The number of halogens is 2. The van der Waals surface area contributed by atoms with Gasteiger partial charge in [-0.3, -0.25) is 4.79 Å². The number of carbonyl (C=O) groups excluding carboxylic acids is 1. The lowest BCUT2D eigenvalue weighted by molar-refractivity contribution is 0.102. The van der Waals surface area contributed by atoms with E-state index in [1.54, 1.807) is 25.3 Å². The molecule has 0 unspecified atom stereocenters. The van der Waals surface area contributed by atoms with Crippen molar-refractivity contribution in [3.63, 3.8) is 0 Å². The Hall–Kier alpha value is -1.33. The fourth-order valence-electron chi connectivity index (χ4n) is 1.54. The van der Waals surface area contributed by atoms with Crippen molar-refractivity contribution in [1.82, 2.24) is 0 Å². The largest absolute Gasteiger partial charge is 0.496 e. The van der Waals surface area contributed by atoms with Crippen molar-refractivity contribution in [2.75, 3.05) is 12.4 Å². The summed E-state index contributed by atoms with van der Waals surface area (Å²) in [6, 6.07) is 12.6. The molecule has 0 bridgehead atoms. The molecule has 0 spiro atoms. The van der Waals surface area contributed by atoms with Crippen molar-refractivity contribution < 1.29 is 9.53 Å². The zero-order valence-corrected chi connectivity index (χ0v) is 13.3. The van der Waals surface area contributed by atoms with Crippen LogP contribution in [0.3, 0.4) is 0 Å². The van der Waals surface area contributed by atoms with Crippen LogP contribution < -0.4 is 10.1 Å².